The second-order valence-electron chi connectivity index (χ2n) is 7.33. The van der Waals surface area contributed by atoms with E-state index in [0.29, 0.717) is 36.3 Å². The average molecular weight is 425 g/mol. The summed E-state index contributed by atoms with van der Waals surface area (Å²) in [6.07, 6.45) is -1.08. The van der Waals surface area contributed by atoms with Crippen molar-refractivity contribution in [2.45, 2.75) is 19.1 Å². The molecule has 8 heteroatoms. The first kappa shape index (κ1) is 20.6. The number of hydrogen-bond acceptors (Lipinski definition) is 4. The molecule has 3 aromatic rings. The van der Waals surface area contributed by atoms with Crippen LogP contribution in [0.5, 0.6) is 0 Å². The molecule has 0 aliphatic carbocycles. The van der Waals surface area contributed by atoms with Crippen LogP contribution in [0.25, 0.3) is 0 Å². The number of fused-ring (bicyclic) bond motifs is 1. The van der Waals surface area contributed by atoms with Crippen molar-refractivity contribution < 1.29 is 22.8 Å². The molecule has 0 radical (unpaired) electrons. The van der Waals surface area contributed by atoms with Crippen molar-refractivity contribution in [3.63, 3.8) is 0 Å². The summed E-state index contributed by atoms with van der Waals surface area (Å²) in [4.78, 5) is 31.4. The van der Waals surface area contributed by atoms with Gasteiger partial charge >= 0.3 is 6.18 Å². The first-order valence-corrected chi connectivity index (χ1v) is 9.56. The van der Waals surface area contributed by atoms with E-state index in [1.54, 1.807) is 23.1 Å². The normalized spacial score (nSPS) is 13.6. The van der Waals surface area contributed by atoms with Gasteiger partial charge in [-0.1, -0.05) is 30.3 Å². The number of halogens is 3. The Morgan fingerprint density at radius 1 is 1.00 bits per heavy atom. The number of nitrogens with two attached hydrogens (primary N) is 1. The second kappa shape index (κ2) is 7.86. The fraction of sp³-hybridized carbons (Fsp3) is 0.174. The van der Waals surface area contributed by atoms with E-state index in [2.05, 4.69) is 4.98 Å². The zero-order chi connectivity index (χ0) is 22.2. The molecule has 0 spiro atoms. The highest BCUT2D eigenvalue weighted by Crippen LogP contribution is 2.30. The van der Waals surface area contributed by atoms with Crippen LogP contribution in [0.15, 0.2) is 60.9 Å². The van der Waals surface area contributed by atoms with Crippen LogP contribution in [0.2, 0.25) is 0 Å². The van der Waals surface area contributed by atoms with E-state index < -0.39 is 11.7 Å². The molecule has 0 saturated heterocycles. The van der Waals surface area contributed by atoms with Crippen molar-refractivity contribution in [1.29, 1.82) is 0 Å². The highest BCUT2D eigenvalue weighted by molar-refractivity contribution is 6.10. The summed E-state index contributed by atoms with van der Waals surface area (Å²) in [6, 6.07) is 11.0. The van der Waals surface area contributed by atoms with Crippen molar-refractivity contribution in [3.8, 4) is 0 Å². The van der Waals surface area contributed by atoms with Gasteiger partial charge in [-0.05, 0) is 35.7 Å². The fourth-order valence-electron chi connectivity index (χ4n) is 3.72. The molecule has 0 fully saturated rings. The molecule has 2 N–H and O–H groups in total. The molecule has 5 nitrogen and oxygen atoms in total. The molecule has 2 aromatic carbocycles. The van der Waals surface area contributed by atoms with Gasteiger partial charge in [-0.25, -0.2) is 0 Å². The summed E-state index contributed by atoms with van der Waals surface area (Å²) in [5, 5.41) is 0. The Labute approximate surface area is 176 Å². The van der Waals surface area contributed by atoms with Gasteiger partial charge in [-0.3, -0.25) is 14.6 Å². The van der Waals surface area contributed by atoms with Crippen LogP contribution in [0.3, 0.4) is 0 Å². The first-order valence-electron chi connectivity index (χ1n) is 9.56. The van der Waals surface area contributed by atoms with Crippen LogP contribution in [0.4, 0.5) is 18.9 Å². The molecule has 0 bridgehead atoms. The largest absolute Gasteiger partial charge is 0.416 e. The smallest absolute Gasteiger partial charge is 0.397 e. The minimum absolute atomic E-state index is 0.186. The monoisotopic (exact) mass is 425 g/mol. The lowest BCUT2D eigenvalue weighted by atomic mass is 9.90. The van der Waals surface area contributed by atoms with E-state index in [0.717, 1.165) is 23.3 Å². The van der Waals surface area contributed by atoms with Gasteiger partial charge in [-0.2, -0.15) is 13.2 Å². The molecule has 1 aromatic heterocycles. The van der Waals surface area contributed by atoms with Crippen molar-refractivity contribution >= 4 is 17.4 Å². The van der Waals surface area contributed by atoms with E-state index in [-0.39, 0.29) is 17.3 Å². The van der Waals surface area contributed by atoms with Gasteiger partial charge in [0.15, 0.2) is 5.78 Å². The highest BCUT2D eigenvalue weighted by atomic mass is 19.4. The number of ketones is 1. The lowest BCUT2D eigenvalue weighted by Gasteiger charge is -2.30. The lowest BCUT2D eigenvalue weighted by molar-refractivity contribution is -0.137. The quantitative estimate of drug-likeness (QED) is 0.641. The van der Waals surface area contributed by atoms with Crippen LogP contribution in [0.1, 0.15) is 43.0 Å². The van der Waals surface area contributed by atoms with Crippen LogP contribution < -0.4 is 5.73 Å². The van der Waals surface area contributed by atoms with Gasteiger partial charge in [0.2, 0.25) is 0 Å². The van der Waals surface area contributed by atoms with Gasteiger partial charge in [-0.15, -0.1) is 0 Å². The summed E-state index contributed by atoms with van der Waals surface area (Å²) in [5.41, 5.74) is 7.96. The Bertz CT molecular complexity index is 1160. The van der Waals surface area contributed by atoms with Crippen molar-refractivity contribution in [3.05, 3.63) is 94.3 Å². The number of carbonyl (C=O) groups is 2. The maximum atomic E-state index is 13.0. The van der Waals surface area contributed by atoms with E-state index in [1.165, 1.54) is 24.5 Å². The third kappa shape index (κ3) is 4.14. The summed E-state index contributed by atoms with van der Waals surface area (Å²) in [7, 11) is 0. The fourth-order valence-corrected chi connectivity index (χ4v) is 3.72. The number of nitrogen functional groups attached to an aromatic ring is 1. The Morgan fingerprint density at radius 3 is 2.42 bits per heavy atom. The van der Waals surface area contributed by atoms with Crippen molar-refractivity contribution in [2.75, 3.05) is 12.3 Å². The van der Waals surface area contributed by atoms with Crippen LogP contribution in [0, 0.1) is 0 Å². The highest BCUT2D eigenvalue weighted by Gasteiger charge is 2.31. The molecule has 1 aliphatic rings. The molecule has 158 valence electrons. The lowest BCUT2D eigenvalue weighted by Crippen LogP contribution is -2.36. The maximum Gasteiger partial charge on any atom is 0.416 e. The summed E-state index contributed by atoms with van der Waals surface area (Å²) >= 11 is 0. The SMILES string of the molecule is Nc1cncc(C(=O)N2CCc3c(cccc3C(=O)c3ccc(C(F)(F)F)cc3)C2)c1. The number of anilines is 1. The number of alkyl halides is 3. The van der Waals surface area contributed by atoms with Crippen LogP contribution >= 0.6 is 0 Å². The van der Waals surface area contributed by atoms with Crippen molar-refractivity contribution in [1.82, 2.24) is 9.88 Å². The molecule has 4 rings (SSSR count). The molecule has 1 aliphatic heterocycles. The van der Waals surface area contributed by atoms with E-state index in [9.17, 15) is 22.8 Å². The van der Waals surface area contributed by atoms with Crippen LogP contribution in [-0.4, -0.2) is 28.1 Å². The molecule has 2 heterocycles. The van der Waals surface area contributed by atoms with Gasteiger partial charge in [0.05, 0.1) is 16.8 Å². The Hall–Kier alpha value is -3.68. The Kier molecular flexibility index (Phi) is 5.22. The molecule has 1 amide bonds. The molecule has 0 atom stereocenters. The number of nitrogens with zero attached hydrogens (tertiary/aromatic N) is 2. The van der Waals surface area contributed by atoms with E-state index in [4.69, 9.17) is 5.73 Å². The minimum atomic E-state index is -4.46. The predicted molar refractivity (Wildman–Crippen MR) is 108 cm³/mol. The number of pyridine rings is 1. The van der Waals surface area contributed by atoms with Crippen molar-refractivity contribution in [2.24, 2.45) is 0 Å². The molecule has 0 saturated carbocycles. The first-order chi connectivity index (χ1) is 14.7. The van der Waals surface area contributed by atoms with Gasteiger partial charge in [0, 0.05) is 36.6 Å². The Balaban J connectivity index is 1.58. The molecular formula is C23H18F3N3O2. The van der Waals surface area contributed by atoms with Crippen LogP contribution in [-0.2, 0) is 19.1 Å². The molecule has 0 unspecified atom stereocenters. The topological polar surface area (TPSA) is 76.3 Å². The average Bonchev–Trinajstić information content (AvgIpc) is 2.77. The molecule has 31 heavy (non-hydrogen) atoms. The van der Waals surface area contributed by atoms with Gasteiger partial charge in [0.1, 0.15) is 0 Å². The predicted octanol–water partition coefficient (Wildman–Crippen LogP) is 4.11. The minimum Gasteiger partial charge on any atom is -0.397 e. The zero-order valence-electron chi connectivity index (χ0n) is 16.3. The second-order valence-corrected chi connectivity index (χ2v) is 7.33. The Morgan fingerprint density at radius 2 is 1.74 bits per heavy atom. The number of hydrogen-bond donors (Lipinski definition) is 1. The van der Waals surface area contributed by atoms with Gasteiger partial charge < -0.3 is 10.6 Å². The number of benzene rings is 2. The number of rotatable bonds is 3. The molecular weight excluding hydrogens is 407 g/mol. The van der Waals surface area contributed by atoms with E-state index >= 15 is 0 Å². The summed E-state index contributed by atoms with van der Waals surface area (Å²) in [6.45, 7) is 0.717. The number of aromatic nitrogens is 1. The number of amides is 1. The summed E-state index contributed by atoms with van der Waals surface area (Å²) in [5.74, 6) is -0.546. The standard InChI is InChI=1S/C23H18F3N3O2/c24-23(25,26)17-6-4-14(5-7-17)21(30)20-3-1-2-15-13-29(9-8-19(15)20)22(31)16-10-18(27)12-28-11-16/h1-7,10-12H,8-9,13,27H2. The van der Waals surface area contributed by atoms with E-state index in [1.807, 2.05) is 6.07 Å². The number of carbonyl (C=O) groups excluding carboxylic acids is 2. The van der Waals surface area contributed by atoms with Gasteiger partial charge in [0.25, 0.3) is 5.91 Å². The third-order valence-electron chi connectivity index (χ3n) is 5.28. The summed E-state index contributed by atoms with van der Waals surface area (Å²) < 4.78 is 38.4. The zero-order valence-corrected chi connectivity index (χ0v) is 16.3. The maximum absolute atomic E-state index is 13.0. The third-order valence-corrected chi connectivity index (χ3v) is 5.28.